The van der Waals surface area contributed by atoms with E-state index >= 15 is 0 Å². The Morgan fingerprint density at radius 1 is 1.04 bits per heavy atom. The van der Waals surface area contributed by atoms with Gasteiger partial charge in [-0.05, 0) is 85.5 Å². The summed E-state index contributed by atoms with van der Waals surface area (Å²) < 4.78 is 42.6. The van der Waals surface area contributed by atoms with Crippen molar-refractivity contribution in [2.24, 2.45) is 4.99 Å². The highest BCUT2D eigenvalue weighted by Gasteiger charge is 2.33. The third-order valence-electron chi connectivity index (χ3n) is 7.18. The zero-order valence-corrected chi connectivity index (χ0v) is 26.7. The van der Waals surface area contributed by atoms with Gasteiger partial charge >= 0.3 is 12.4 Å². The van der Waals surface area contributed by atoms with Gasteiger partial charge in [-0.25, -0.2) is 9.48 Å². The van der Waals surface area contributed by atoms with Gasteiger partial charge in [0.15, 0.2) is 5.17 Å². The number of halogens is 3. The normalized spacial score (nSPS) is 14.2. The molecule has 0 unspecified atom stereocenters. The molecule has 244 valence electrons. The van der Waals surface area contributed by atoms with E-state index in [1.54, 1.807) is 42.1 Å². The van der Waals surface area contributed by atoms with Gasteiger partial charge < -0.3 is 15.4 Å². The highest BCUT2D eigenvalue weighted by atomic mass is 32.2. The van der Waals surface area contributed by atoms with E-state index in [2.05, 4.69) is 25.5 Å². The molecule has 0 aliphatic carbocycles. The van der Waals surface area contributed by atoms with Gasteiger partial charge in [0.25, 0.3) is 5.91 Å². The molecule has 1 aromatic heterocycles. The summed E-state index contributed by atoms with van der Waals surface area (Å²) in [5, 5.41) is 10.3. The quantitative estimate of drug-likeness (QED) is 0.207. The Morgan fingerprint density at radius 3 is 2.40 bits per heavy atom. The first kappa shape index (κ1) is 33.3. The fraction of sp³-hybridized carbons (Fsp3) is 0.242. The lowest BCUT2D eigenvalue weighted by molar-refractivity contribution is -0.274. The summed E-state index contributed by atoms with van der Waals surface area (Å²) in [7, 11) is 0. The number of carbonyl (C=O) groups is 3. The second kappa shape index (κ2) is 13.7. The molecule has 2 N–H and O–H groups in total. The maximum Gasteiger partial charge on any atom is 0.573 e. The zero-order chi connectivity index (χ0) is 33.9. The molecule has 4 amide bonds. The highest BCUT2D eigenvalue weighted by molar-refractivity contribution is 8.15. The van der Waals surface area contributed by atoms with Crippen molar-refractivity contribution in [2.45, 2.75) is 46.5 Å². The molecular weight excluding hydrogens is 633 g/mol. The molecule has 0 saturated carbocycles. The first-order valence-corrected chi connectivity index (χ1v) is 15.5. The van der Waals surface area contributed by atoms with Crippen LogP contribution in [0.25, 0.3) is 5.69 Å². The number of benzene rings is 3. The summed E-state index contributed by atoms with van der Waals surface area (Å²) in [5.74, 6) is -0.668. The second-order valence-corrected chi connectivity index (χ2v) is 12.0. The summed E-state index contributed by atoms with van der Waals surface area (Å²) in [6.45, 7) is 7.96. The number of anilines is 2. The first-order chi connectivity index (χ1) is 22.3. The van der Waals surface area contributed by atoms with Crippen LogP contribution < -0.4 is 20.3 Å². The number of carbonyl (C=O) groups excluding carboxylic acids is 3. The number of thioether (sulfide) groups is 1. The van der Waals surface area contributed by atoms with E-state index < -0.39 is 24.1 Å². The Morgan fingerprint density at radius 2 is 1.74 bits per heavy atom. The third-order valence-corrected chi connectivity index (χ3v) is 8.11. The van der Waals surface area contributed by atoms with Crippen LogP contribution in [0.3, 0.4) is 0 Å². The molecule has 47 heavy (non-hydrogen) atoms. The van der Waals surface area contributed by atoms with Crippen LogP contribution in [-0.4, -0.2) is 44.9 Å². The third kappa shape index (κ3) is 8.19. The van der Waals surface area contributed by atoms with E-state index in [0.29, 0.717) is 22.2 Å². The monoisotopic (exact) mass is 664 g/mol. The van der Waals surface area contributed by atoms with E-state index in [0.717, 1.165) is 34.5 Å². The Balaban J connectivity index is 1.21. The minimum atomic E-state index is -4.82. The predicted molar refractivity (Wildman–Crippen MR) is 174 cm³/mol. The summed E-state index contributed by atoms with van der Waals surface area (Å²) in [6.07, 6.45) is -3.07. The maximum absolute atomic E-state index is 12.9. The molecule has 4 aromatic rings. The number of ether oxygens (including phenoxy) is 1. The van der Waals surface area contributed by atoms with Crippen LogP contribution in [0.15, 0.2) is 77.9 Å². The van der Waals surface area contributed by atoms with Crippen molar-refractivity contribution >= 4 is 46.1 Å². The smallest absolute Gasteiger partial charge is 0.406 e. The molecule has 0 radical (unpaired) electrons. The number of nitrogens with one attached hydrogen (secondary N) is 2. The van der Waals surface area contributed by atoms with Crippen molar-refractivity contribution in [3.8, 4) is 11.4 Å². The van der Waals surface area contributed by atoms with Crippen LogP contribution in [0, 0.1) is 13.8 Å². The second-order valence-electron chi connectivity index (χ2n) is 11.0. The summed E-state index contributed by atoms with van der Waals surface area (Å²) in [5.41, 5.74) is 5.46. The number of urea groups is 1. The van der Waals surface area contributed by atoms with E-state index in [1.807, 2.05) is 39.0 Å². The number of alkyl halides is 3. The molecule has 5 rings (SSSR count). The van der Waals surface area contributed by atoms with Crippen molar-refractivity contribution in [1.82, 2.24) is 15.1 Å². The number of amides is 4. The van der Waals surface area contributed by atoms with Gasteiger partial charge in [0.1, 0.15) is 5.75 Å². The number of hydrogen-bond acceptors (Lipinski definition) is 6. The van der Waals surface area contributed by atoms with Crippen molar-refractivity contribution in [3.63, 3.8) is 0 Å². The van der Waals surface area contributed by atoms with Gasteiger partial charge in [-0.15, -0.1) is 13.2 Å². The minimum absolute atomic E-state index is 0.138. The number of amidine groups is 1. The van der Waals surface area contributed by atoms with Crippen molar-refractivity contribution in [1.29, 1.82) is 0 Å². The Labute approximate surface area is 273 Å². The molecule has 0 atom stereocenters. The number of rotatable bonds is 8. The lowest BCUT2D eigenvalue weighted by atomic mass is 9.99. The van der Waals surface area contributed by atoms with Crippen LogP contribution in [0.5, 0.6) is 5.75 Å². The van der Waals surface area contributed by atoms with Gasteiger partial charge in [0, 0.05) is 29.6 Å². The Bertz CT molecular complexity index is 1840. The minimum Gasteiger partial charge on any atom is -0.406 e. The lowest BCUT2D eigenvalue weighted by Gasteiger charge is -2.22. The Kier molecular flexibility index (Phi) is 9.70. The molecule has 1 fully saturated rings. The molecule has 0 spiro atoms. The highest BCUT2D eigenvalue weighted by Crippen LogP contribution is 2.34. The van der Waals surface area contributed by atoms with E-state index in [4.69, 9.17) is 0 Å². The lowest BCUT2D eigenvalue weighted by Crippen LogP contribution is -2.31. The van der Waals surface area contributed by atoms with Crippen molar-refractivity contribution < 1.29 is 32.3 Å². The average Bonchev–Trinajstić information content (AvgIpc) is 3.56. The Hall–Kier alpha value is -5.11. The van der Waals surface area contributed by atoms with Gasteiger partial charge in [-0.2, -0.15) is 10.1 Å². The summed E-state index contributed by atoms with van der Waals surface area (Å²) in [4.78, 5) is 44.0. The van der Waals surface area contributed by atoms with Crippen LogP contribution in [0.4, 0.5) is 29.3 Å². The fourth-order valence-corrected chi connectivity index (χ4v) is 5.70. The molecule has 14 heteroatoms. The van der Waals surface area contributed by atoms with Crippen LogP contribution in [0.1, 0.15) is 52.5 Å². The first-order valence-electron chi connectivity index (χ1n) is 14.5. The molecule has 1 saturated heterocycles. The zero-order valence-electron chi connectivity index (χ0n) is 25.9. The van der Waals surface area contributed by atoms with Crippen LogP contribution in [0.2, 0.25) is 0 Å². The molecule has 3 aromatic carbocycles. The van der Waals surface area contributed by atoms with Gasteiger partial charge in [0.2, 0.25) is 5.91 Å². The number of aryl methyl sites for hydroxylation is 2. The largest absolute Gasteiger partial charge is 0.573 e. The number of aliphatic imine (C=N–C) groups is 1. The van der Waals surface area contributed by atoms with E-state index in [1.165, 1.54) is 28.8 Å². The van der Waals surface area contributed by atoms with Crippen LogP contribution in [-0.2, 0) is 11.3 Å². The standard InChI is InChI=1S/C33H31F3N6O4S/c1-19(2)27-14-5-20(3)15-28(27)42-29(43)18-47-32(42)39-31(45)38-24-8-10-25(11-9-24)41-17-23(21(4)40-41)16-37-30(44)22-6-12-26(13-7-22)46-33(34,35)36/h5-15,17,19H,16,18H2,1-4H3,(H,37,44)(H,38,45)/b39-32-. The summed E-state index contributed by atoms with van der Waals surface area (Å²) in [6, 6.07) is 16.8. The SMILES string of the molecule is Cc1ccc(C(C)C)c(N2C(=O)CS/C2=N\C(=O)Nc2ccc(-n3cc(CNC(=O)c4ccc(OC(F)(F)F)cc4)c(C)n3)cc2)c1. The molecule has 10 nitrogen and oxygen atoms in total. The van der Waals surface area contributed by atoms with Gasteiger partial charge in [-0.3, -0.25) is 14.5 Å². The predicted octanol–water partition coefficient (Wildman–Crippen LogP) is 7.11. The number of nitrogens with zero attached hydrogens (tertiary/aromatic N) is 4. The number of hydrogen-bond donors (Lipinski definition) is 2. The topological polar surface area (TPSA) is 118 Å². The fourth-order valence-electron chi connectivity index (χ4n) is 4.84. The summed E-state index contributed by atoms with van der Waals surface area (Å²) >= 11 is 1.21. The molecular formula is C33H31F3N6O4S. The van der Waals surface area contributed by atoms with E-state index in [-0.39, 0.29) is 29.7 Å². The molecule has 1 aliphatic rings. The van der Waals surface area contributed by atoms with Crippen LogP contribution >= 0.6 is 11.8 Å². The maximum atomic E-state index is 12.9. The molecule has 0 bridgehead atoms. The number of aromatic nitrogens is 2. The molecule has 2 heterocycles. The van der Waals surface area contributed by atoms with Gasteiger partial charge in [-0.1, -0.05) is 37.7 Å². The average molecular weight is 665 g/mol. The van der Waals surface area contributed by atoms with Gasteiger partial charge in [0.05, 0.1) is 22.8 Å². The van der Waals surface area contributed by atoms with Crippen molar-refractivity contribution in [3.05, 3.63) is 101 Å². The molecule has 1 aliphatic heterocycles. The van der Waals surface area contributed by atoms with E-state index in [9.17, 15) is 27.6 Å². The van der Waals surface area contributed by atoms with Crippen molar-refractivity contribution in [2.75, 3.05) is 16.0 Å².